The van der Waals surface area contributed by atoms with Crippen LogP contribution in [-0.4, -0.2) is 14.5 Å². The van der Waals surface area contributed by atoms with E-state index in [0.29, 0.717) is 23.3 Å². The molecular formula is C14H13N3OS3. The fourth-order valence-corrected chi connectivity index (χ4v) is 4.23. The highest BCUT2D eigenvalue weighted by molar-refractivity contribution is 7.80. The molecule has 0 radical (unpaired) electrons. The maximum absolute atomic E-state index is 12.7. The third-order valence-electron chi connectivity index (χ3n) is 3.22. The van der Waals surface area contributed by atoms with Crippen molar-refractivity contribution in [2.24, 2.45) is 5.73 Å². The molecule has 7 heteroatoms. The van der Waals surface area contributed by atoms with Crippen LogP contribution in [0, 0.1) is 6.92 Å². The molecule has 0 fully saturated rings. The molecule has 3 rings (SSSR count). The molecule has 21 heavy (non-hydrogen) atoms. The second kappa shape index (κ2) is 5.67. The first-order valence-corrected chi connectivity index (χ1v) is 8.49. The number of thiocarbonyl (C=S) groups is 1. The molecule has 0 aliphatic carbocycles. The highest BCUT2D eigenvalue weighted by Crippen LogP contribution is 2.37. The number of nitrogens with zero attached hydrogens (tertiary/aromatic N) is 2. The Morgan fingerprint density at radius 2 is 2.33 bits per heavy atom. The van der Waals surface area contributed by atoms with Crippen LogP contribution >= 0.6 is 34.9 Å². The number of hydrogen-bond donors (Lipinski definition) is 1. The third kappa shape index (κ3) is 2.64. The summed E-state index contributed by atoms with van der Waals surface area (Å²) < 4.78 is 1.59. The smallest absolute Gasteiger partial charge is 0.262 e. The van der Waals surface area contributed by atoms with E-state index >= 15 is 0 Å². The van der Waals surface area contributed by atoms with Crippen molar-refractivity contribution in [2.45, 2.75) is 19.9 Å². The number of aromatic nitrogens is 2. The van der Waals surface area contributed by atoms with Crippen molar-refractivity contribution in [1.82, 2.24) is 9.55 Å². The number of fused-ring (bicyclic) bond motifs is 1. The Hall–Kier alpha value is -1.57. The molecular weight excluding hydrogens is 322 g/mol. The van der Waals surface area contributed by atoms with Crippen LogP contribution < -0.4 is 11.3 Å². The molecule has 0 aliphatic heterocycles. The Morgan fingerprint density at radius 3 is 3.00 bits per heavy atom. The monoisotopic (exact) mass is 335 g/mol. The van der Waals surface area contributed by atoms with Gasteiger partial charge in [-0.2, -0.15) is 0 Å². The topological polar surface area (TPSA) is 60.9 Å². The van der Waals surface area contributed by atoms with Crippen LogP contribution in [-0.2, 0) is 6.54 Å². The van der Waals surface area contributed by atoms with Crippen molar-refractivity contribution in [3.63, 3.8) is 0 Å². The van der Waals surface area contributed by atoms with Crippen LogP contribution in [0.5, 0.6) is 0 Å². The van der Waals surface area contributed by atoms with Crippen molar-refractivity contribution in [3.05, 3.63) is 39.1 Å². The lowest BCUT2D eigenvalue weighted by Gasteiger charge is -2.05. The van der Waals surface area contributed by atoms with E-state index < -0.39 is 0 Å². The molecule has 3 aromatic heterocycles. The van der Waals surface area contributed by atoms with Gasteiger partial charge in [-0.15, -0.1) is 22.7 Å². The van der Waals surface area contributed by atoms with Crippen molar-refractivity contribution in [2.75, 3.05) is 0 Å². The molecule has 3 heterocycles. The van der Waals surface area contributed by atoms with Gasteiger partial charge >= 0.3 is 0 Å². The third-order valence-corrected chi connectivity index (χ3v) is 5.33. The summed E-state index contributed by atoms with van der Waals surface area (Å²) >= 11 is 8.06. The normalized spacial score (nSPS) is 11.1. The molecule has 0 aromatic carbocycles. The van der Waals surface area contributed by atoms with Gasteiger partial charge in [0, 0.05) is 28.3 Å². The van der Waals surface area contributed by atoms with Crippen LogP contribution in [0.2, 0.25) is 0 Å². The van der Waals surface area contributed by atoms with E-state index in [4.69, 9.17) is 18.0 Å². The molecule has 108 valence electrons. The zero-order valence-electron chi connectivity index (χ0n) is 11.3. The van der Waals surface area contributed by atoms with Crippen LogP contribution in [0.3, 0.4) is 0 Å². The number of nitrogens with two attached hydrogens (primary N) is 1. The Morgan fingerprint density at radius 1 is 1.52 bits per heavy atom. The molecule has 0 amide bonds. The summed E-state index contributed by atoms with van der Waals surface area (Å²) in [5.74, 6) is 0. The van der Waals surface area contributed by atoms with Gasteiger partial charge in [-0.25, -0.2) is 4.98 Å². The van der Waals surface area contributed by atoms with Gasteiger partial charge in [-0.05, 0) is 18.4 Å². The zero-order chi connectivity index (χ0) is 15.0. The second-order valence-corrected chi connectivity index (χ2v) is 7.33. The molecule has 4 nitrogen and oxygen atoms in total. The lowest BCUT2D eigenvalue weighted by molar-refractivity contribution is 0.688. The van der Waals surface area contributed by atoms with E-state index in [0.717, 1.165) is 20.1 Å². The summed E-state index contributed by atoms with van der Waals surface area (Å²) in [4.78, 5) is 20.5. The van der Waals surface area contributed by atoms with Gasteiger partial charge in [0.2, 0.25) is 0 Å². The van der Waals surface area contributed by atoms with Crippen molar-refractivity contribution >= 4 is 50.1 Å². The van der Waals surface area contributed by atoms with Gasteiger partial charge < -0.3 is 5.73 Å². The quantitative estimate of drug-likeness (QED) is 0.744. The predicted octanol–water partition coefficient (Wildman–Crippen LogP) is 3.17. The summed E-state index contributed by atoms with van der Waals surface area (Å²) in [6.07, 6.45) is 2.08. The highest BCUT2D eigenvalue weighted by atomic mass is 32.1. The van der Waals surface area contributed by atoms with Crippen molar-refractivity contribution in [1.29, 1.82) is 0 Å². The number of aryl methyl sites for hydroxylation is 2. The van der Waals surface area contributed by atoms with E-state index in [9.17, 15) is 4.79 Å². The highest BCUT2D eigenvalue weighted by Gasteiger charge is 2.17. The van der Waals surface area contributed by atoms with Gasteiger partial charge in [0.15, 0.2) is 0 Å². The first-order valence-electron chi connectivity index (χ1n) is 6.38. The van der Waals surface area contributed by atoms with Gasteiger partial charge in [0.25, 0.3) is 5.56 Å². The van der Waals surface area contributed by atoms with Crippen LogP contribution in [0.25, 0.3) is 20.7 Å². The van der Waals surface area contributed by atoms with E-state index in [1.54, 1.807) is 33.6 Å². The molecule has 0 unspecified atom stereocenters. The first kappa shape index (κ1) is 14.4. The van der Waals surface area contributed by atoms with Gasteiger partial charge in [0.1, 0.15) is 4.83 Å². The van der Waals surface area contributed by atoms with Gasteiger partial charge in [0.05, 0.1) is 16.7 Å². The molecule has 2 N–H and O–H groups in total. The maximum atomic E-state index is 12.7. The molecule has 0 saturated heterocycles. The Balaban J connectivity index is 2.20. The van der Waals surface area contributed by atoms with E-state index in [1.165, 1.54) is 0 Å². The molecule has 0 bridgehead atoms. The summed E-state index contributed by atoms with van der Waals surface area (Å²) in [6, 6.07) is 4.02. The molecule has 0 atom stereocenters. The van der Waals surface area contributed by atoms with E-state index in [2.05, 4.69) is 4.98 Å². The van der Waals surface area contributed by atoms with Crippen molar-refractivity contribution in [3.8, 4) is 10.4 Å². The lowest BCUT2D eigenvalue weighted by atomic mass is 10.1. The summed E-state index contributed by atoms with van der Waals surface area (Å²) in [7, 11) is 0. The number of thiophene rings is 2. The largest absolute Gasteiger partial charge is 0.393 e. The fraction of sp³-hybridized carbons (Fsp3) is 0.214. The second-order valence-electron chi connectivity index (χ2n) is 4.65. The standard InChI is InChI=1S/C14H13N3OS3/c1-8-11(9-3-2-6-20-9)12-13(21-8)16-7-17(14(12)18)5-4-10(15)19/h2-3,6-7H,4-5H2,1H3,(H2,15,19). The average molecular weight is 335 g/mol. The lowest BCUT2D eigenvalue weighted by Crippen LogP contribution is -2.23. The Kier molecular flexibility index (Phi) is 3.88. The first-order chi connectivity index (χ1) is 10.1. The Labute approximate surface area is 134 Å². The molecule has 0 aliphatic rings. The predicted molar refractivity (Wildman–Crippen MR) is 93.3 cm³/mol. The average Bonchev–Trinajstić information content (AvgIpc) is 3.04. The van der Waals surface area contributed by atoms with Gasteiger partial charge in [-0.3, -0.25) is 9.36 Å². The molecule has 0 saturated carbocycles. The minimum atomic E-state index is -0.0241. The Bertz CT molecular complexity index is 862. The number of rotatable bonds is 4. The van der Waals surface area contributed by atoms with Crippen LogP contribution in [0.1, 0.15) is 11.3 Å². The zero-order valence-corrected chi connectivity index (χ0v) is 13.8. The minimum Gasteiger partial charge on any atom is -0.393 e. The minimum absolute atomic E-state index is 0.0241. The molecule has 0 spiro atoms. The maximum Gasteiger partial charge on any atom is 0.262 e. The van der Waals surface area contributed by atoms with E-state index in [-0.39, 0.29) is 5.56 Å². The number of hydrogen-bond acceptors (Lipinski definition) is 5. The van der Waals surface area contributed by atoms with Crippen molar-refractivity contribution < 1.29 is 0 Å². The van der Waals surface area contributed by atoms with Crippen LogP contribution in [0.4, 0.5) is 0 Å². The summed E-state index contributed by atoms with van der Waals surface area (Å²) in [5, 5.41) is 2.71. The fourth-order valence-electron chi connectivity index (χ4n) is 2.24. The van der Waals surface area contributed by atoms with E-state index in [1.807, 2.05) is 24.4 Å². The summed E-state index contributed by atoms with van der Waals surface area (Å²) in [6.45, 7) is 2.50. The SMILES string of the molecule is Cc1sc2ncn(CCC(N)=S)c(=O)c2c1-c1cccs1. The molecule has 3 aromatic rings. The summed E-state index contributed by atoms with van der Waals surface area (Å²) in [5.41, 5.74) is 6.50. The van der Waals surface area contributed by atoms with Gasteiger partial charge in [-0.1, -0.05) is 18.3 Å². The van der Waals surface area contributed by atoms with Crippen LogP contribution in [0.15, 0.2) is 28.6 Å².